The Labute approximate surface area is 339 Å². The number of ketones is 1. The zero-order valence-electron chi connectivity index (χ0n) is 31.7. The minimum absolute atomic E-state index is 0. The van der Waals surface area contributed by atoms with E-state index in [0.29, 0.717) is 0 Å². The summed E-state index contributed by atoms with van der Waals surface area (Å²) in [6.45, 7) is 8.07. The number of nitrogens with one attached hydrogen (secondary N) is 2. The largest absolute Gasteiger partial charge is 0.512 e. The first kappa shape index (κ1) is 38.5. The molecule has 8 aromatic rings. The first-order valence-electron chi connectivity index (χ1n) is 19.0. The van der Waals surface area contributed by atoms with Gasteiger partial charge in [0.1, 0.15) is 23.7 Å². The number of aromatic nitrogens is 2. The number of aliphatic hydroxyl groups is 1. The molecule has 0 unspecified atom stereocenters. The van der Waals surface area contributed by atoms with Crippen LogP contribution in [-0.4, -0.2) is 20.9 Å². The van der Waals surface area contributed by atoms with Gasteiger partial charge in [-0.3, -0.25) is 14.8 Å². The molecule has 0 saturated heterocycles. The molecule has 2 aliphatic heterocycles. The minimum Gasteiger partial charge on any atom is -0.512 e. The average Bonchev–Trinajstić information content (AvgIpc) is 3.83. The topological polar surface area (TPSA) is 113 Å². The van der Waals surface area contributed by atoms with Gasteiger partial charge >= 0.3 is 0 Å². The van der Waals surface area contributed by atoms with Crippen LogP contribution in [0.2, 0.25) is 0 Å². The molecule has 0 atom stereocenters. The first-order valence-corrected chi connectivity index (χ1v) is 19.0. The Bertz CT molecular complexity index is 2560. The Morgan fingerprint density at radius 1 is 0.679 bits per heavy atom. The van der Waals surface area contributed by atoms with Crippen molar-refractivity contribution >= 4 is 72.0 Å². The number of furan rings is 2. The zero-order valence-corrected chi connectivity index (χ0v) is 34.1. The number of anilines is 4. The van der Waals surface area contributed by atoms with Crippen LogP contribution in [0.4, 0.5) is 22.7 Å². The second-order valence-electron chi connectivity index (χ2n) is 13.9. The van der Waals surface area contributed by atoms with E-state index in [0.717, 1.165) is 114 Å². The summed E-state index contributed by atoms with van der Waals surface area (Å²) < 4.78 is 11.1. The Morgan fingerprint density at radius 3 is 1.57 bits per heavy atom. The van der Waals surface area contributed by atoms with E-state index < -0.39 is 0 Å². The van der Waals surface area contributed by atoms with Crippen LogP contribution in [0.3, 0.4) is 0 Å². The van der Waals surface area contributed by atoms with Gasteiger partial charge in [-0.05, 0) is 49.2 Å². The van der Waals surface area contributed by atoms with E-state index in [4.69, 9.17) is 8.83 Å². The standard InChI is InChI=1S/2C17H9N2O.C13H24O2.Ir/c2*1-2-4-11-8-13-12(7-10(11)3-1)17-16-14(19-13)9-20-15(16)5-6-18-17;1-5-10(6-2)12(14)9-13(15)11(7-3)8-4;/h2*1-6,8-9,19H;9-11,14H,5-8H2,1-4H3;/q2*-1;;/b;;12-9-;. The van der Waals surface area contributed by atoms with Crippen molar-refractivity contribution in [1.29, 1.82) is 0 Å². The van der Waals surface area contributed by atoms with E-state index in [1.807, 2.05) is 64.1 Å². The minimum atomic E-state index is 0. The zero-order chi connectivity index (χ0) is 38.1. The van der Waals surface area contributed by atoms with Crippen molar-refractivity contribution in [3.8, 4) is 22.5 Å². The third-order valence-corrected chi connectivity index (χ3v) is 10.6. The summed E-state index contributed by atoms with van der Waals surface area (Å²) in [4.78, 5) is 20.8. The Hall–Kier alpha value is -5.76. The predicted molar refractivity (Wildman–Crippen MR) is 222 cm³/mol. The average molecular weight is 919 g/mol. The van der Waals surface area contributed by atoms with Crippen molar-refractivity contribution in [2.75, 3.05) is 10.6 Å². The second-order valence-corrected chi connectivity index (χ2v) is 13.9. The van der Waals surface area contributed by atoms with Gasteiger partial charge in [-0.15, -0.1) is 35.0 Å². The molecule has 0 aliphatic carbocycles. The fraction of sp³-hybridized carbons (Fsp3) is 0.213. The molecule has 8 nitrogen and oxygen atoms in total. The summed E-state index contributed by atoms with van der Waals surface area (Å²) in [6, 6.07) is 31.4. The van der Waals surface area contributed by atoms with E-state index in [9.17, 15) is 9.90 Å². The molecule has 56 heavy (non-hydrogen) atoms. The molecule has 0 bridgehead atoms. The van der Waals surface area contributed by atoms with Crippen molar-refractivity contribution in [1.82, 2.24) is 9.97 Å². The van der Waals surface area contributed by atoms with Crippen molar-refractivity contribution in [2.24, 2.45) is 11.8 Å². The number of nitrogens with zero attached hydrogens (tertiary/aromatic N) is 2. The maximum absolute atomic E-state index is 11.7. The number of aliphatic hydroxyl groups excluding tert-OH is 1. The number of carbonyl (C=O) groups excluding carboxylic acids is 1. The molecule has 285 valence electrons. The number of hydrogen-bond acceptors (Lipinski definition) is 8. The van der Waals surface area contributed by atoms with Crippen LogP contribution in [0.1, 0.15) is 53.4 Å². The number of allylic oxidation sites excluding steroid dienone is 2. The summed E-state index contributed by atoms with van der Waals surface area (Å²) in [5.74, 6) is 0.547. The van der Waals surface area contributed by atoms with Crippen molar-refractivity contribution in [3.05, 3.63) is 122 Å². The SMILES string of the molecule is CCC(CC)C(=O)/C=C(\O)C(CC)CC.[Ir].[c-]1c2c(cc3ccccc13)Nc1coc3ccnc-2c13.[c-]1c2c(cc3ccccc13)Nc1coc3ccnc-2c13. The smallest absolute Gasteiger partial charge is 0.162 e. The molecule has 4 aromatic heterocycles. The van der Waals surface area contributed by atoms with Crippen molar-refractivity contribution < 1.29 is 38.8 Å². The van der Waals surface area contributed by atoms with Crippen molar-refractivity contribution in [3.63, 3.8) is 0 Å². The summed E-state index contributed by atoms with van der Waals surface area (Å²) in [7, 11) is 0. The first-order chi connectivity index (χ1) is 26.9. The predicted octanol–water partition coefficient (Wildman–Crippen LogP) is 12.9. The summed E-state index contributed by atoms with van der Waals surface area (Å²) in [5.41, 5.74) is 9.58. The van der Waals surface area contributed by atoms with Crippen LogP contribution < -0.4 is 10.6 Å². The van der Waals surface area contributed by atoms with Crippen LogP contribution >= 0.6 is 0 Å². The fourth-order valence-corrected chi connectivity index (χ4v) is 7.50. The molecule has 3 N–H and O–H groups in total. The third kappa shape index (κ3) is 7.20. The molecule has 0 saturated carbocycles. The summed E-state index contributed by atoms with van der Waals surface area (Å²) in [5, 5.41) is 23.2. The van der Waals surface area contributed by atoms with E-state index in [1.165, 1.54) is 6.08 Å². The molecule has 0 amide bonds. The Kier molecular flexibility index (Phi) is 11.4. The maximum Gasteiger partial charge on any atom is 0.162 e. The van der Waals surface area contributed by atoms with Crippen LogP contribution in [-0.2, 0) is 24.9 Å². The molecule has 0 spiro atoms. The quantitative estimate of drug-likeness (QED) is 0.0823. The van der Waals surface area contributed by atoms with Gasteiger partial charge in [-0.25, -0.2) is 0 Å². The van der Waals surface area contributed by atoms with E-state index in [1.54, 1.807) is 24.9 Å². The summed E-state index contributed by atoms with van der Waals surface area (Å²) in [6.07, 6.45) is 12.0. The number of fused-ring (bicyclic) bond motifs is 6. The van der Waals surface area contributed by atoms with Crippen LogP contribution in [0, 0.1) is 24.0 Å². The van der Waals surface area contributed by atoms with Gasteiger partial charge < -0.3 is 24.6 Å². The molecular formula is C47H42IrN4O4-2. The third-order valence-electron chi connectivity index (χ3n) is 10.6. The van der Waals surface area contributed by atoms with E-state index in [2.05, 4.69) is 69.1 Å². The Balaban J connectivity index is 0.000000130. The van der Waals surface area contributed by atoms with Gasteiger partial charge in [-0.2, -0.15) is 0 Å². The van der Waals surface area contributed by atoms with E-state index in [-0.39, 0.29) is 43.5 Å². The van der Waals surface area contributed by atoms with Gasteiger partial charge in [0.2, 0.25) is 0 Å². The molecule has 1 radical (unpaired) electrons. The maximum atomic E-state index is 11.7. The van der Waals surface area contributed by atoms with Crippen LogP contribution in [0.15, 0.2) is 118 Å². The monoisotopic (exact) mass is 919 g/mol. The van der Waals surface area contributed by atoms with Gasteiger partial charge in [0, 0.05) is 72.6 Å². The van der Waals surface area contributed by atoms with Gasteiger partial charge in [0.25, 0.3) is 0 Å². The van der Waals surface area contributed by atoms with Gasteiger partial charge in [-0.1, -0.05) is 98.1 Å². The molecule has 10 rings (SSSR count). The number of benzene rings is 4. The van der Waals surface area contributed by atoms with Crippen LogP contribution in [0.5, 0.6) is 0 Å². The molecular weight excluding hydrogens is 877 g/mol. The van der Waals surface area contributed by atoms with Crippen molar-refractivity contribution in [2.45, 2.75) is 53.4 Å². The van der Waals surface area contributed by atoms with Crippen LogP contribution in [0.25, 0.3) is 66.0 Å². The van der Waals surface area contributed by atoms with E-state index >= 15 is 0 Å². The molecule has 6 heterocycles. The normalized spacial score (nSPS) is 12.2. The molecule has 9 heteroatoms. The van der Waals surface area contributed by atoms with Gasteiger partial charge in [0.15, 0.2) is 5.78 Å². The molecule has 2 aliphatic rings. The number of carbonyl (C=O) groups is 1. The Morgan fingerprint density at radius 2 is 1.12 bits per heavy atom. The second kappa shape index (κ2) is 16.5. The summed E-state index contributed by atoms with van der Waals surface area (Å²) >= 11 is 0. The fourth-order valence-electron chi connectivity index (χ4n) is 7.50. The van der Waals surface area contributed by atoms with Gasteiger partial charge in [0.05, 0.1) is 17.1 Å². The molecule has 4 aromatic carbocycles. The number of rotatable bonds is 7. The number of hydrogen-bond donors (Lipinski definition) is 3. The molecule has 0 fully saturated rings. The number of pyridine rings is 2.